The molecule has 4 rings (SSSR count). The van der Waals surface area contributed by atoms with Gasteiger partial charge in [0, 0.05) is 33.1 Å². The van der Waals surface area contributed by atoms with Crippen LogP contribution in [0.5, 0.6) is 0 Å². The minimum absolute atomic E-state index is 0.332. The molecule has 0 unspecified atom stereocenters. The van der Waals surface area contributed by atoms with Gasteiger partial charge >= 0.3 is 0 Å². The number of amides is 1. The van der Waals surface area contributed by atoms with Crippen LogP contribution in [0.3, 0.4) is 0 Å². The molecule has 0 aliphatic heterocycles. The number of furan rings is 1. The van der Waals surface area contributed by atoms with E-state index < -0.39 is 5.91 Å². The minimum atomic E-state index is -0.415. The van der Waals surface area contributed by atoms with Crippen LogP contribution in [0, 0.1) is 13.8 Å². The lowest BCUT2D eigenvalue weighted by Gasteiger charge is -2.11. The van der Waals surface area contributed by atoms with Crippen LogP contribution in [0.25, 0.3) is 5.69 Å². The summed E-state index contributed by atoms with van der Waals surface area (Å²) >= 11 is 17.1. The Morgan fingerprint density at radius 1 is 1.06 bits per heavy atom. The van der Waals surface area contributed by atoms with Crippen molar-refractivity contribution in [2.75, 3.05) is 0 Å². The number of aryl methyl sites for hydroxylation is 2. The van der Waals surface area contributed by atoms with Crippen molar-refractivity contribution in [1.29, 1.82) is 0 Å². The summed E-state index contributed by atoms with van der Waals surface area (Å²) in [6.07, 6.45) is 1.44. The predicted octanol–water partition coefficient (Wildman–Crippen LogP) is 7.67. The third kappa shape index (κ3) is 5.55. The molecule has 2 aromatic heterocycles. The highest BCUT2D eigenvalue weighted by molar-refractivity contribution is 9.10. The summed E-state index contributed by atoms with van der Waals surface area (Å²) < 4.78 is 8.64. The molecule has 0 aliphatic carbocycles. The second kappa shape index (κ2) is 10.2. The molecule has 5 nitrogen and oxygen atoms in total. The zero-order valence-corrected chi connectivity index (χ0v) is 21.5. The average molecular weight is 563 g/mol. The Balaban J connectivity index is 1.46. The van der Waals surface area contributed by atoms with Crippen LogP contribution >= 0.6 is 50.9 Å². The largest absolute Gasteiger partial charge is 0.447 e. The molecule has 0 fully saturated rings. The fourth-order valence-corrected chi connectivity index (χ4v) is 4.89. The van der Waals surface area contributed by atoms with Gasteiger partial charge < -0.3 is 8.98 Å². The number of benzene rings is 2. The number of nitrogens with one attached hydrogen (secondary N) is 1. The molecule has 168 valence electrons. The number of hydrogen-bond acceptors (Lipinski definition) is 4. The molecular weight excluding hydrogens is 545 g/mol. The zero-order chi connectivity index (χ0) is 23.5. The van der Waals surface area contributed by atoms with E-state index in [1.165, 1.54) is 18.0 Å². The average Bonchev–Trinajstić information content (AvgIpc) is 3.31. The Labute approximate surface area is 213 Å². The molecule has 2 heterocycles. The normalized spacial score (nSPS) is 11.3. The van der Waals surface area contributed by atoms with Crippen molar-refractivity contribution < 1.29 is 9.21 Å². The highest BCUT2D eigenvalue weighted by Crippen LogP contribution is 2.36. The molecule has 0 bridgehead atoms. The van der Waals surface area contributed by atoms with Crippen molar-refractivity contribution >= 4 is 63.0 Å². The summed E-state index contributed by atoms with van der Waals surface area (Å²) in [5.41, 5.74) is 5.83. The summed E-state index contributed by atoms with van der Waals surface area (Å²) in [4.78, 5) is 13.7. The monoisotopic (exact) mass is 561 g/mol. The van der Waals surface area contributed by atoms with Crippen molar-refractivity contribution in [3.05, 3.63) is 97.9 Å². The number of carbonyl (C=O) groups is 1. The van der Waals surface area contributed by atoms with Crippen LogP contribution in [0.4, 0.5) is 0 Å². The van der Waals surface area contributed by atoms with Crippen molar-refractivity contribution in [3.8, 4) is 5.69 Å². The van der Waals surface area contributed by atoms with Gasteiger partial charge in [0.2, 0.25) is 0 Å². The Bertz CT molecular complexity index is 1330. The summed E-state index contributed by atoms with van der Waals surface area (Å²) in [6, 6.07) is 18.6. The lowest BCUT2D eigenvalue weighted by atomic mass is 10.2. The molecular formula is C24H18BrCl2N3O2S. The summed E-state index contributed by atoms with van der Waals surface area (Å²) in [7, 11) is 0. The van der Waals surface area contributed by atoms with E-state index in [2.05, 4.69) is 31.0 Å². The number of hydrazone groups is 1. The van der Waals surface area contributed by atoms with Crippen LogP contribution < -0.4 is 5.43 Å². The number of rotatable bonds is 6. The quantitative estimate of drug-likeness (QED) is 0.194. The highest BCUT2D eigenvalue weighted by Gasteiger charge is 2.14. The van der Waals surface area contributed by atoms with Gasteiger partial charge in [-0.1, -0.05) is 35.0 Å². The second-order valence-electron chi connectivity index (χ2n) is 7.15. The summed E-state index contributed by atoms with van der Waals surface area (Å²) in [6.45, 7) is 4.01. The van der Waals surface area contributed by atoms with Gasteiger partial charge in [-0.05, 0) is 84.4 Å². The molecule has 2 aromatic carbocycles. The topological polar surface area (TPSA) is 59.5 Å². The van der Waals surface area contributed by atoms with Gasteiger partial charge in [0.05, 0.1) is 21.3 Å². The Morgan fingerprint density at radius 3 is 2.45 bits per heavy atom. The standard InChI is InChI=1S/C24H18BrCl2N3O2S/c1-14-3-4-15(2)30(14)17-7-10-22(27)20(11-17)23(31)29-28-13-18-12-21(25)24(32-18)33-19-8-5-16(26)6-9-19/h3-13H,1-2H3,(H,29,31). The van der Waals surface area contributed by atoms with Crippen LogP contribution in [-0.4, -0.2) is 16.7 Å². The van der Waals surface area contributed by atoms with Crippen molar-refractivity contribution in [2.45, 2.75) is 23.8 Å². The molecule has 1 amide bonds. The summed E-state index contributed by atoms with van der Waals surface area (Å²) in [5, 5.41) is 5.71. The van der Waals surface area contributed by atoms with E-state index in [0.717, 1.165) is 26.4 Å². The van der Waals surface area contributed by atoms with Crippen LogP contribution in [0.1, 0.15) is 27.5 Å². The van der Waals surface area contributed by atoms with Gasteiger partial charge in [0.25, 0.3) is 5.91 Å². The van der Waals surface area contributed by atoms with Crippen LogP contribution in [0.2, 0.25) is 10.0 Å². The number of hydrogen-bond donors (Lipinski definition) is 1. The maximum atomic E-state index is 12.7. The fraction of sp³-hybridized carbons (Fsp3) is 0.0833. The van der Waals surface area contributed by atoms with Gasteiger partial charge in [-0.15, -0.1) is 0 Å². The first-order valence-electron chi connectivity index (χ1n) is 9.83. The SMILES string of the molecule is Cc1ccc(C)n1-c1ccc(Cl)c(C(=O)NN=Cc2cc(Br)c(Sc3ccc(Cl)cc3)o2)c1. The van der Waals surface area contributed by atoms with Gasteiger partial charge in [-0.3, -0.25) is 4.79 Å². The van der Waals surface area contributed by atoms with Gasteiger partial charge in [-0.2, -0.15) is 5.10 Å². The summed E-state index contributed by atoms with van der Waals surface area (Å²) in [5.74, 6) is 0.0685. The first kappa shape index (κ1) is 23.7. The number of aromatic nitrogens is 1. The zero-order valence-electron chi connectivity index (χ0n) is 17.6. The van der Waals surface area contributed by atoms with E-state index in [4.69, 9.17) is 27.6 Å². The van der Waals surface area contributed by atoms with Crippen LogP contribution in [0.15, 0.2) is 84.6 Å². The van der Waals surface area contributed by atoms with E-state index in [0.29, 0.717) is 26.5 Å². The number of halogens is 3. The molecule has 0 saturated heterocycles. The predicted molar refractivity (Wildman–Crippen MR) is 137 cm³/mol. The van der Waals surface area contributed by atoms with Crippen LogP contribution in [-0.2, 0) is 0 Å². The lowest BCUT2D eigenvalue weighted by molar-refractivity contribution is 0.0955. The Hall–Kier alpha value is -2.45. The molecule has 9 heteroatoms. The fourth-order valence-electron chi connectivity index (χ4n) is 3.23. The number of nitrogens with zero attached hydrogens (tertiary/aromatic N) is 2. The van der Waals surface area contributed by atoms with Gasteiger partial charge in [-0.25, -0.2) is 5.43 Å². The first-order valence-corrected chi connectivity index (χ1v) is 12.2. The molecule has 0 aliphatic rings. The molecule has 0 saturated carbocycles. The Kier molecular flexibility index (Phi) is 7.34. The van der Waals surface area contributed by atoms with Crippen molar-refractivity contribution in [1.82, 2.24) is 9.99 Å². The smallest absolute Gasteiger partial charge is 0.272 e. The molecule has 1 N–H and O–H groups in total. The third-order valence-electron chi connectivity index (χ3n) is 4.78. The van der Waals surface area contributed by atoms with E-state index in [1.54, 1.807) is 18.2 Å². The number of carbonyl (C=O) groups excluding carboxylic acids is 1. The first-order chi connectivity index (χ1) is 15.8. The van der Waals surface area contributed by atoms with E-state index in [1.807, 2.05) is 56.3 Å². The Morgan fingerprint density at radius 2 is 1.76 bits per heavy atom. The molecule has 4 aromatic rings. The van der Waals surface area contributed by atoms with Crippen molar-refractivity contribution in [2.24, 2.45) is 5.10 Å². The molecule has 33 heavy (non-hydrogen) atoms. The highest BCUT2D eigenvalue weighted by atomic mass is 79.9. The van der Waals surface area contributed by atoms with E-state index in [9.17, 15) is 4.79 Å². The van der Waals surface area contributed by atoms with Gasteiger partial charge in [0.1, 0.15) is 5.76 Å². The second-order valence-corrected chi connectivity index (χ2v) is 9.90. The maximum absolute atomic E-state index is 12.7. The molecule has 0 spiro atoms. The lowest BCUT2D eigenvalue weighted by Crippen LogP contribution is -2.18. The van der Waals surface area contributed by atoms with Crippen molar-refractivity contribution in [3.63, 3.8) is 0 Å². The van der Waals surface area contributed by atoms with Gasteiger partial charge in [0.15, 0.2) is 5.09 Å². The maximum Gasteiger partial charge on any atom is 0.272 e. The third-order valence-corrected chi connectivity index (χ3v) is 7.21. The molecule has 0 radical (unpaired) electrons. The van der Waals surface area contributed by atoms with E-state index >= 15 is 0 Å². The molecule has 0 atom stereocenters. The minimum Gasteiger partial charge on any atom is -0.447 e. The van der Waals surface area contributed by atoms with E-state index in [-0.39, 0.29) is 0 Å².